The molecule has 26 heavy (non-hydrogen) atoms. The molecule has 0 saturated heterocycles. The van der Waals surface area contributed by atoms with Crippen LogP contribution >= 0.6 is 0 Å². The number of hydrogen-bond acceptors (Lipinski definition) is 4. The topological polar surface area (TPSA) is 71.0 Å². The van der Waals surface area contributed by atoms with Gasteiger partial charge in [-0.15, -0.1) is 0 Å². The second-order valence-corrected chi connectivity index (χ2v) is 5.49. The first-order valence-electron chi connectivity index (χ1n) is 8.53. The van der Waals surface area contributed by atoms with Crippen molar-refractivity contribution >= 4 is 18.0 Å². The second-order valence-electron chi connectivity index (χ2n) is 5.49. The van der Waals surface area contributed by atoms with E-state index in [4.69, 9.17) is 4.74 Å². The second kappa shape index (κ2) is 9.98. The number of hydrogen-bond donors (Lipinski definition) is 1. The van der Waals surface area contributed by atoms with Gasteiger partial charge in [-0.2, -0.15) is 5.10 Å². The van der Waals surface area contributed by atoms with Crippen molar-refractivity contribution in [3.05, 3.63) is 65.7 Å². The minimum atomic E-state index is -0.757. The summed E-state index contributed by atoms with van der Waals surface area (Å²) >= 11 is 0. The number of amides is 2. The fourth-order valence-corrected chi connectivity index (χ4v) is 2.32. The number of hydrazone groups is 1. The average Bonchev–Trinajstić information content (AvgIpc) is 2.68. The highest BCUT2D eigenvalue weighted by molar-refractivity contribution is 6.34. The van der Waals surface area contributed by atoms with E-state index in [2.05, 4.69) is 10.5 Å². The first-order valence-corrected chi connectivity index (χ1v) is 8.53. The third-order valence-corrected chi connectivity index (χ3v) is 3.77. The molecule has 0 heterocycles. The third-order valence-electron chi connectivity index (χ3n) is 3.77. The molecule has 0 aromatic heterocycles. The van der Waals surface area contributed by atoms with Crippen molar-refractivity contribution in [2.24, 2.45) is 5.10 Å². The maximum atomic E-state index is 11.9. The molecule has 0 aliphatic heterocycles. The van der Waals surface area contributed by atoms with E-state index in [9.17, 15) is 9.59 Å². The maximum absolute atomic E-state index is 11.9. The van der Waals surface area contributed by atoms with Crippen LogP contribution in [0.4, 0.5) is 0 Å². The van der Waals surface area contributed by atoms with E-state index in [1.54, 1.807) is 0 Å². The highest BCUT2D eigenvalue weighted by Gasteiger charge is 2.18. The summed E-state index contributed by atoms with van der Waals surface area (Å²) in [6.45, 7) is 5.01. The standard InChI is InChI=1S/C20H23N3O3/c1-3-23(4-2)20(25)19(24)22-21-14-17-12-8-9-13-18(17)26-15-16-10-6-5-7-11-16/h5-14H,3-4,15H2,1-2H3,(H,22,24)/b21-14-. The van der Waals surface area contributed by atoms with Crippen LogP contribution in [0.3, 0.4) is 0 Å². The van der Waals surface area contributed by atoms with Crippen LogP contribution in [0, 0.1) is 0 Å². The van der Waals surface area contributed by atoms with Crippen molar-refractivity contribution in [1.82, 2.24) is 10.3 Å². The summed E-state index contributed by atoms with van der Waals surface area (Å²) in [7, 11) is 0. The Bertz CT molecular complexity index is 756. The monoisotopic (exact) mass is 353 g/mol. The van der Waals surface area contributed by atoms with E-state index in [1.165, 1.54) is 11.1 Å². The number of para-hydroxylation sites is 1. The largest absolute Gasteiger partial charge is 0.488 e. The summed E-state index contributed by atoms with van der Waals surface area (Å²) in [5, 5.41) is 3.88. The Morgan fingerprint density at radius 1 is 1.04 bits per heavy atom. The van der Waals surface area contributed by atoms with E-state index >= 15 is 0 Å². The molecule has 0 spiro atoms. The number of likely N-dealkylation sites (N-methyl/N-ethyl adjacent to an activating group) is 1. The first kappa shape index (κ1) is 19.2. The zero-order valence-electron chi connectivity index (χ0n) is 15.0. The summed E-state index contributed by atoms with van der Waals surface area (Å²) in [5.41, 5.74) is 4.03. The Labute approximate surface area is 153 Å². The number of ether oxygens (including phenoxy) is 1. The number of nitrogens with zero attached hydrogens (tertiary/aromatic N) is 2. The van der Waals surface area contributed by atoms with E-state index in [-0.39, 0.29) is 0 Å². The molecule has 0 fully saturated rings. The van der Waals surface area contributed by atoms with Crippen LogP contribution in [0.15, 0.2) is 59.7 Å². The molecule has 136 valence electrons. The van der Waals surface area contributed by atoms with Gasteiger partial charge in [-0.25, -0.2) is 5.43 Å². The van der Waals surface area contributed by atoms with Crippen molar-refractivity contribution in [2.45, 2.75) is 20.5 Å². The van der Waals surface area contributed by atoms with Crippen molar-refractivity contribution in [1.29, 1.82) is 0 Å². The summed E-state index contributed by atoms with van der Waals surface area (Å²) < 4.78 is 5.82. The van der Waals surface area contributed by atoms with Crippen LogP contribution in [0.2, 0.25) is 0 Å². The normalized spacial score (nSPS) is 10.5. The van der Waals surface area contributed by atoms with Gasteiger partial charge in [-0.05, 0) is 31.5 Å². The predicted octanol–water partition coefficient (Wildman–Crippen LogP) is 2.58. The fourth-order valence-electron chi connectivity index (χ4n) is 2.32. The molecular formula is C20H23N3O3. The Hall–Kier alpha value is -3.15. The van der Waals surface area contributed by atoms with Crippen molar-refractivity contribution in [2.75, 3.05) is 13.1 Å². The van der Waals surface area contributed by atoms with Crippen LogP contribution in [-0.2, 0) is 16.2 Å². The minimum Gasteiger partial charge on any atom is -0.488 e. The van der Waals surface area contributed by atoms with E-state index in [1.807, 2.05) is 68.4 Å². The molecule has 2 aromatic carbocycles. The lowest BCUT2D eigenvalue weighted by molar-refractivity contribution is -0.145. The number of rotatable bonds is 7. The summed E-state index contributed by atoms with van der Waals surface area (Å²) in [6.07, 6.45) is 1.47. The van der Waals surface area contributed by atoms with Gasteiger partial charge in [0.2, 0.25) is 0 Å². The number of carbonyl (C=O) groups excluding carboxylic acids is 2. The predicted molar refractivity (Wildman–Crippen MR) is 101 cm³/mol. The van der Waals surface area contributed by atoms with Gasteiger partial charge in [0.25, 0.3) is 0 Å². The molecule has 2 aromatic rings. The molecule has 6 heteroatoms. The molecule has 0 aliphatic rings. The molecular weight excluding hydrogens is 330 g/mol. The smallest absolute Gasteiger partial charge is 0.329 e. The molecule has 0 radical (unpaired) electrons. The molecule has 0 aliphatic carbocycles. The van der Waals surface area contributed by atoms with Crippen molar-refractivity contribution in [3.8, 4) is 5.75 Å². The Morgan fingerprint density at radius 3 is 2.38 bits per heavy atom. The highest BCUT2D eigenvalue weighted by atomic mass is 16.5. The minimum absolute atomic E-state index is 0.429. The van der Waals surface area contributed by atoms with Crippen molar-refractivity contribution in [3.63, 3.8) is 0 Å². The van der Waals surface area contributed by atoms with Gasteiger partial charge in [-0.3, -0.25) is 9.59 Å². The van der Waals surface area contributed by atoms with E-state index in [0.29, 0.717) is 31.0 Å². The van der Waals surface area contributed by atoms with Gasteiger partial charge >= 0.3 is 11.8 Å². The molecule has 2 rings (SSSR count). The average molecular weight is 353 g/mol. The lowest BCUT2D eigenvalue weighted by Gasteiger charge is -2.16. The summed E-state index contributed by atoms with van der Waals surface area (Å²) in [4.78, 5) is 25.2. The van der Waals surface area contributed by atoms with Gasteiger partial charge in [-0.1, -0.05) is 42.5 Å². The fraction of sp³-hybridized carbons (Fsp3) is 0.250. The first-order chi connectivity index (χ1) is 12.7. The zero-order chi connectivity index (χ0) is 18.8. The van der Waals surface area contributed by atoms with Crippen LogP contribution < -0.4 is 10.2 Å². The number of nitrogens with one attached hydrogen (secondary N) is 1. The quantitative estimate of drug-likeness (QED) is 0.472. The van der Waals surface area contributed by atoms with Gasteiger partial charge < -0.3 is 9.64 Å². The number of benzene rings is 2. The Morgan fingerprint density at radius 2 is 1.69 bits per heavy atom. The lowest BCUT2D eigenvalue weighted by Crippen LogP contribution is -2.41. The van der Waals surface area contributed by atoms with Crippen LogP contribution in [0.25, 0.3) is 0 Å². The Balaban J connectivity index is 1.97. The van der Waals surface area contributed by atoms with Crippen LogP contribution in [-0.4, -0.2) is 36.0 Å². The molecule has 2 amide bonds. The van der Waals surface area contributed by atoms with Gasteiger partial charge in [0.05, 0.1) is 6.21 Å². The molecule has 0 atom stereocenters. The van der Waals surface area contributed by atoms with Crippen molar-refractivity contribution < 1.29 is 14.3 Å². The van der Waals surface area contributed by atoms with Gasteiger partial charge in [0.1, 0.15) is 12.4 Å². The third kappa shape index (κ3) is 5.44. The molecule has 0 saturated carbocycles. The van der Waals surface area contributed by atoms with Gasteiger partial charge in [0.15, 0.2) is 0 Å². The lowest BCUT2D eigenvalue weighted by atomic mass is 10.2. The number of carbonyl (C=O) groups is 2. The molecule has 6 nitrogen and oxygen atoms in total. The summed E-state index contributed by atoms with van der Waals surface area (Å²) in [5.74, 6) is -0.710. The SMILES string of the molecule is CCN(CC)C(=O)C(=O)N/N=C\c1ccccc1OCc1ccccc1. The van der Waals surface area contributed by atoms with E-state index < -0.39 is 11.8 Å². The molecule has 1 N–H and O–H groups in total. The highest BCUT2D eigenvalue weighted by Crippen LogP contribution is 2.17. The van der Waals surface area contributed by atoms with Crippen LogP contribution in [0.5, 0.6) is 5.75 Å². The van der Waals surface area contributed by atoms with E-state index in [0.717, 1.165) is 5.56 Å². The summed E-state index contributed by atoms with van der Waals surface area (Å²) in [6, 6.07) is 17.2. The molecule has 0 unspecified atom stereocenters. The molecule has 0 bridgehead atoms. The zero-order valence-corrected chi connectivity index (χ0v) is 15.0. The van der Waals surface area contributed by atoms with Crippen LogP contribution in [0.1, 0.15) is 25.0 Å². The Kier molecular flexibility index (Phi) is 7.36. The van der Waals surface area contributed by atoms with Gasteiger partial charge in [0, 0.05) is 18.7 Å². The maximum Gasteiger partial charge on any atom is 0.329 e.